The Morgan fingerprint density at radius 2 is 1.63 bits per heavy atom. The molecule has 6 aromatic heterocycles. The summed E-state index contributed by atoms with van der Waals surface area (Å²) in [6, 6.07) is 15.8. The fourth-order valence-electron chi connectivity index (χ4n) is 3.69. The molecule has 6 rings (SSSR count). The Kier molecular flexibility index (Phi) is 3.64. The van der Waals surface area contributed by atoms with Crippen molar-refractivity contribution in [3.05, 3.63) is 79.5 Å². The van der Waals surface area contributed by atoms with E-state index in [9.17, 15) is 0 Å². The molecule has 142 valence electrons. The van der Waals surface area contributed by atoms with E-state index in [4.69, 9.17) is 0 Å². The minimum absolute atomic E-state index is 0.805. The van der Waals surface area contributed by atoms with Gasteiger partial charge < -0.3 is 4.98 Å². The smallest absolute Gasteiger partial charge is 0.116 e. The Hall–Kier alpha value is -4.39. The molecule has 0 aliphatic heterocycles. The zero-order chi connectivity index (χ0) is 19.9. The molecule has 0 aromatic carbocycles. The lowest BCUT2D eigenvalue weighted by atomic mass is 10.1. The van der Waals surface area contributed by atoms with Crippen molar-refractivity contribution >= 4 is 21.8 Å². The van der Waals surface area contributed by atoms with Gasteiger partial charge in [-0.3, -0.25) is 25.0 Å². The largest absolute Gasteiger partial charge is 0.353 e. The number of aromatic nitrogens is 7. The van der Waals surface area contributed by atoms with Gasteiger partial charge in [-0.1, -0.05) is 6.07 Å². The summed E-state index contributed by atoms with van der Waals surface area (Å²) in [5.41, 5.74) is 7.10. The van der Waals surface area contributed by atoms with E-state index in [1.54, 1.807) is 24.8 Å². The molecular formula is C23H15N7. The standard InChI is InChI=1S/C23H15N7/c1-2-8-25-18(5-1)19-10-16-21(13-27-19)29-30-23(16)20-11-15-17(28-20)6-9-26-22(15)14-4-3-7-24-12-14/h1-13,28H,(H,29,30). The summed E-state index contributed by atoms with van der Waals surface area (Å²) < 4.78 is 0. The second kappa shape index (κ2) is 6.59. The first kappa shape index (κ1) is 16.6. The quantitative estimate of drug-likeness (QED) is 0.460. The average molecular weight is 389 g/mol. The lowest BCUT2D eigenvalue weighted by molar-refractivity contribution is 1.11. The molecule has 0 unspecified atom stereocenters. The van der Waals surface area contributed by atoms with Gasteiger partial charge in [0.2, 0.25) is 0 Å². The molecule has 6 heterocycles. The van der Waals surface area contributed by atoms with Crippen LogP contribution in [0.25, 0.3) is 55.8 Å². The first-order valence-electron chi connectivity index (χ1n) is 9.51. The molecule has 0 saturated heterocycles. The van der Waals surface area contributed by atoms with Crippen LogP contribution >= 0.6 is 0 Å². The number of aromatic amines is 2. The third-order valence-electron chi connectivity index (χ3n) is 5.11. The lowest BCUT2D eigenvalue weighted by Gasteiger charge is -2.00. The van der Waals surface area contributed by atoms with Crippen molar-refractivity contribution in [3.8, 4) is 34.0 Å². The zero-order valence-corrected chi connectivity index (χ0v) is 15.7. The maximum atomic E-state index is 4.58. The van der Waals surface area contributed by atoms with Gasteiger partial charge in [0.05, 0.1) is 34.5 Å². The van der Waals surface area contributed by atoms with Gasteiger partial charge in [0, 0.05) is 46.6 Å². The third kappa shape index (κ3) is 2.64. The number of hydrogen-bond donors (Lipinski definition) is 2. The zero-order valence-electron chi connectivity index (χ0n) is 15.7. The van der Waals surface area contributed by atoms with Crippen molar-refractivity contribution < 1.29 is 0 Å². The highest BCUT2D eigenvalue weighted by Gasteiger charge is 2.15. The minimum Gasteiger partial charge on any atom is -0.353 e. The Balaban J connectivity index is 1.52. The fraction of sp³-hybridized carbons (Fsp3) is 0. The second-order valence-corrected chi connectivity index (χ2v) is 6.95. The SMILES string of the molecule is c1ccc(-c2cc3c(-c4cc5c(-c6cccnc6)nccc5[nH]4)n[nH]c3cn2)nc1. The van der Waals surface area contributed by atoms with Gasteiger partial charge >= 0.3 is 0 Å². The summed E-state index contributed by atoms with van der Waals surface area (Å²) in [5, 5.41) is 9.63. The molecule has 30 heavy (non-hydrogen) atoms. The molecule has 0 spiro atoms. The molecule has 0 bridgehead atoms. The van der Waals surface area contributed by atoms with Gasteiger partial charge in [0.25, 0.3) is 0 Å². The summed E-state index contributed by atoms with van der Waals surface area (Å²) in [6.07, 6.45) is 8.94. The predicted octanol–water partition coefficient (Wildman–Crippen LogP) is 4.63. The van der Waals surface area contributed by atoms with Crippen LogP contribution in [-0.4, -0.2) is 35.1 Å². The molecule has 0 atom stereocenters. The van der Waals surface area contributed by atoms with Crippen molar-refractivity contribution in [1.29, 1.82) is 0 Å². The molecule has 0 saturated carbocycles. The molecule has 0 radical (unpaired) electrons. The lowest BCUT2D eigenvalue weighted by Crippen LogP contribution is -1.86. The van der Waals surface area contributed by atoms with Crippen molar-refractivity contribution in [3.63, 3.8) is 0 Å². The molecule has 7 heteroatoms. The summed E-state index contributed by atoms with van der Waals surface area (Å²) in [7, 11) is 0. The van der Waals surface area contributed by atoms with Crippen LogP contribution in [0.1, 0.15) is 0 Å². The summed E-state index contributed by atoms with van der Waals surface area (Å²) >= 11 is 0. The Bertz CT molecular complexity index is 1480. The molecule has 7 nitrogen and oxygen atoms in total. The average Bonchev–Trinajstić information content (AvgIpc) is 3.43. The fourth-order valence-corrected chi connectivity index (χ4v) is 3.69. The van der Waals surface area contributed by atoms with E-state index in [1.165, 1.54) is 0 Å². The summed E-state index contributed by atoms with van der Waals surface area (Å²) in [6.45, 7) is 0. The van der Waals surface area contributed by atoms with Crippen molar-refractivity contribution in [2.75, 3.05) is 0 Å². The first-order chi connectivity index (χ1) is 14.9. The number of nitrogens with one attached hydrogen (secondary N) is 2. The van der Waals surface area contributed by atoms with Crippen LogP contribution in [0.4, 0.5) is 0 Å². The topological polar surface area (TPSA) is 96.0 Å². The van der Waals surface area contributed by atoms with Crippen molar-refractivity contribution in [1.82, 2.24) is 35.1 Å². The van der Waals surface area contributed by atoms with E-state index in [2.05, 4.69) is 41.2 Å². The monoisotopic (exact) mass is 389 g/mol. The maximum absolute atomic E-state index is 4.58. The van der Waals surface area contributed by atoms with E-state index < -0.39 is 0 Å². The van der Waals surface area contributed by atoms with E-state index in [-0.39, 0.29) is 0 Å². The highest BCUT2D eigenvalue weighted by atomic mass is 15.1. The van der Waals surface area contributed by atoms with Gasteiger partial charge in [-0.2, -0.15) is 5.10 Å². The number of rotatable bonds is 3. The Labute approximate surface area is 170 Å². The molecule has 0 amide bonds. The molecule has 0 fully saturated rings. The third-order valence-corrected chi connectivity index (χ3v) is 5.11. The van der Waals surface area contributed by atoms with Crippen LogP contribution in [0.15, 0.2) is 79.5 Å². The van der Waals surface area contributed by atoms with E-state index in [1.807, 2.05) is 48.7 Å². The van der Waals surface area contributed by atoms with E-state index in [0.29, 0.717) is 0 Å². The van der Waals surface area contributed by atoms with Crippen LogP contribution in [0, 0.1) is 0 Å². The molecule has 6 aromatic rings. The normalized spacial score (nSPS) is 11.3. The maximum Gasteiger partial charge on any atom is 0.116 e. The Morgan fingerprint density at radius 3 is 2.50 bits per heavy atom. The van der Waals surface area contributed by atoms with Crippen LogP contribution in [0.5, 0.6) is 0 Å². The molecular weight excluding hydrogens is 374 g/mol. The van der Waals surface area contributed by atoms with E-state index >= 15 is 0 Å². The van der Waals surface area contributed by atoms with Gasteiger partial charge in [-0.15, -0.1) is 0 Å². The van der Waals surface area contributed by atoms with Gasteiger partial charge in [0.15, 0.2) is 0 Å². The van der Waals surface area contributed by atoms with Crippen molar-refractivity contribution in [2.45, 2.75) is 0 Å². The molecule has 0 aliphatic carbocycles. The van der Waals surface area contributed by atoms with Gasteiger partial charge in [-0.25, -0.2) is 0 Å². The van der Waals surface area contributed by atoms with Crippen LogP contribution in [0.2, 0.25) is 0 Å². The van der Waals surface area contributed by atoms with Crippen LogP contribution in [-0.2, 0) is 0 Å². The predicted molar refractivity (Wildman–Crippen MR) is 115 cm³/mol. The van der Waals surface area contributed by atoms with Crippen molar-refractivity contribution in [2.24, 2.45) is 0 Å². The number of fused-ring (bicyclic) bond motifs is 2. The minimum atomic E-state index is 0.805. The number of hydrogen-bond acceptors (Lipinski definition) is 5. The summed E-state index contributed by atoms with van der Waals surface area (Å²) in [5.74, 6) is 0. The highest BCUT2D eigenvalue weighted by molar-refractivity contribution is 6.00. The number of H-pyrrole nitrogens is 2. The van der Waals surface area contributed by atoms with Crippen LogP contribution < -0.4 is 0 Å². The van der Waals surface area contributed by atoms with Crippen LogP contribution in [0.3, 0.4) is 0 Å². The number of nitrogens with zero attached hydrogens (tertiary/aromatic N) is 5. The Morgan fingerprint density at radius 1 is 0.667 bits per heavy atom. The number of pyridine rings is 4. The summed E-state index contributed by atoms with van der Waals surface area (Å²) in [4.78, 5) is 21.2. The molecule has 0 aliphatic rings. The first-order valence-corrected chi connectivity index (χ1v) is 9.51. The highest BCUT2D eigenvalue weighted by Crippen LogP contribution is 2.33. The van der Waals surface area contributed by atoms with E-state index in [0.717, 1.165) is 55.8 Å². The second-order valence-electron chi connectivity index (χ2n) is 6.95. The van der Waals surface area contributed by atoms with Gasteiger partial charge in [0.1, 0.15) is 5.69 Å². The molecule has 2 N–H and O–H groups in total. The van der Waals surface area contributed by atoms with Gasteiger partial charge in [-0.05, 0) is 42.5 Å².